The summed E-state index contributed by atoms with van der Waals surface area (Å²) >= 11 is 0. The molecule has 1 aromatic carbocycles. The molecule has 7 nitrogen and oxygen atoms in total. The molecule has 0 spiro atoms. The number of carbonyl (C=O) groups excluding carboxylic acids is 2. The Bertz CT molecular complexity index is 855. The summed E-state index contributed by atoms with van der Waals surface area (Å²) in [6.45, 7) is 4.68. The minimum absolute atomic E-state index is 0.389. The number of fused-ring (bicyclic) bond motifs is 1. The van der Waals surface area contributed by atoms with Gasteiger partial charge >= 0.3 is 5.63 Å². The maximum absolute atomic E-state index is 11.8. The molecular weight excluding hydrogens is 326 g/mol. The fourth-order valence-electron chi connectivity index (χ4n) is 2.56. The van der Waals surface area contributed by atoms with Gasteiger partial charge in [0.25, 0.3) is 5.91 Å². The van der Waals surface area contributed by atoms with E-state index >= 15 is 0 Å². The number of carboxylic acid groups (broad SMARTS) is 1. The van der Waals surface area contributed by atoms with Crippen LogP contribution in [0.2, 0.25) is 0 Å². The van der Waals surface area contributed by atoms with E-state index < -0.39 is 30.2 Å². The molecule has 25 heavy (non-hydrogen) atoms. The molecule has 1 N–H and O–H groups in total. The second kappa shape index (κ2) is 7.83. The molecule has 0 bridgehead atoms. The zero-order valence-corrected chi connectivity index (χ0v) is 14.4. The van der Waals surface area contributed by atoms with Crippen molar-refractivity contribution in [1.29, 1.82) is 0 Å². The van der Waals surface area contributed by atoms with Crippen molar-refractivity contribution in [3.05, 3.63) is 39.7 Å². The summed E-state index contributed by atoms with van der Waals surface area (Å²) in [6.07, 6.45) is 0.732. The molecule has 1 heterocycles. The molecule has 0 unspecified atom stereocenters. The minimum atomic E-state index is -1.38. The summed E-state index contributed by atoms with van der Waals surface area (Å²) in [6, 6.07) is 4.98. The highest BCUT2D eigenvalue weighted by molar-refractivity contribution is 5.86. The second-order valence-corrected chi connectivity index (χ2v) is 5.76. The number of benzene rings is 1. The van der Waals surface area contributed by atoms with Gasteiger partial charge in [-0.15, -0.1) is 0 Å². The molecule has 2 rings (SSSR count). The Morgan fingerprint density at radius 3 is 2.72 bits per heavy atom. The van der Waals surface area contributed by atoms with Crippen LogP contribution in [-0.4, -0.2) is 24.5 Å². The van der Waals surface area contributed by atoms with Gasteiger partial charge in [-0.2, -0.15) is 0 Å². The Kier molecular flexibility index (Phi) is 5.80. The maximum Gasteiger partial charge on any atom is 0.336 e. The number of rotatable bonds is 7. The number of hydrogen-bond acceptors (Lipinski definition) is 6. The first-order valence-electron chi connectivity index (χ1n) is 8.04. The van der Waals surface area contributed by atoms with Crippen LogP contribution in [0.3, 0.4) is 0 Å². The van der Waals surface area contributed by atoms with Crippen molar-refractivity contribution in [2.75, 3.05) is 6.54 Å². The van der Waals surface area contributed by atoms with Crippen molar-refractivity contribution < 1.29 is 23.8 Å². The summed E-state index contributed by atoms with van der Waals surface area (Å²) in [5.41, 5.74) is 1.50. The van der Waals surface area contributed by atoms with Crippen LogP contribution in [0.4, 0.5) is 0 Å². The summed E-state index contributed by atoms with van der Waals surface area (Å²) in [4.78, 5) is 34.0. The molecule has 0 saturated carbocycles. The normalized spacial score (nSPS) is 12.0. The highest BCUT2D eigenvalue weighted by Crippen LogP contribution is 2.29. The molecule has 0 radical (unpaired) electrons. The average Bonchev–Trinajstić information content (AvgIpc) is 2.55. The number of aliphatic carboxylic acids is 1. The Hall–Kier alpha value is -2.83. The largest absolute Gasteiger partial charge is 0.548 e. The third kappa shape index (κ3) is 4.37. The summed E-state index contributed by atoms with van der Waals surface area (Å²) in [5, 5.41) is 13.4. The molecular formula is C18H20NO6-. The first kappa shape index (κ1) is 18.5. The van der Waals surface area contributed by atoms with E-state index in [4.69, 9.17) is 9.15 Å². The van der Waals surface area contributed by atoms with Gasteiger partial charge in [-0.1, -0.05) is 13.3 Å². The van der Waals surface area contributed by atoms with Crippen molar-refractivity contribution in [3.8, 4) is 5.75 Å². The monoisotopic (exact) mass is 346 g/mol. The highest BCUT2D eigenvalue weighted by Gasteiger charge is 2.17. The number of carbonyl (C=O) groups is 2. The van der Waals surface area contributed by atoms with Crippen LogP contribution in [0.5, 0.6) is 5.75 Å². The van der Waals surface area contributed by atoms with E-state index in [-0.39, 0.29) is 0 Å². The van der Waals surface area contributed by atoms with E-state index in [0.717, 1.165) is 23.8 Å². The molecule has 0 saturated heterocycles. The molecule has 1 amide bonds. The minimum Gasteiger partial charge on any atom is -0.548 e. The van der Waals surface area contributed by atoms with E-state index in [1.54, 1.807) is 19.1 Å². The van der Waals surface area contributed by atoms with Crippen LogP contribution in [0.15, 0.2) is 27.4 Å². The molecule has 0 fully saturated rings. The smallest absolute Gasteiger partial charge is 0.336 e. The lowest BCUT2D eigenvalue weighted by molar-refractivity contribution is -0.304. The van der Waals surface area contributed by atoms with Crippen molar-refractivity contribution in [2.24, 2.45) is 0 Å². The molecule has 1 aromatic heterocycles. The number of hydrogen-bond donors (Lipinski definition) is 1. The topological polar surface area (TPSA) is 109 Å². The lowest BCUT2D eigenvalue weighted by Gasteiger charge is -2.17. The lowest BCUT2D eigenvalue weighted by atomic mass is 10.0. The van der Waals surface area contributed by atoms with Gasteiger partial charge < -0.3 is 24.4 Å². The van der Waals surface area contributed by atoms with E-state index in [0.29, 0.717) is 16.9 Å². The molecule has 2 aromatic rings. The van der Waals surface area contributed by atoms with Crippen molar-refractivity contribution in [1.82, 2.24) is 5.32 Å². The molecule has 7 heteroatoms. The van der Waals surface area contributed by atoms with Gasteiger partial charge in [0.05, 0.1) is 12.5 Å². The van der Waals surface area contributed by atoms with E-state index in [1.165, 1.54) is 13.0 Å². The summed E-state index contributed by atoms with van der Waals surface area (Å²) < 4.78 is 10.9. The highest BCUT2D eigenvalue weighted by atomic mass is 16.5. The van der Waals surface area contributed by atoms with Gasteiger partial charge in [0.1, 0.15) is 11.3 Å². The summed E-state index contributed by atoms with van der Waals surface area (Å²) in [5.74, 6) is -1.57. The molecule has 0 aliphatic heterocycles. The average molecular weight is 346 g/mol. The van der Waals surface area contributed by atoms with Gasteiger partial charge in [0, 0.05) is 17.0 Å². The van der Waals surface area contributed by atoms with Crippen molar-refractivity contribution in [2.45, 2.75) is 39.7 Å². The first-order valence-corrected chi connectivity index (χ1v) is 8.04. The Labute approximate surface area is 144 Å². The fourth-order valence-corrected chi connectivity index (χ4v) is 2.56. The Morgan fingerprint density at radius 1 is 1.36 bits per heavy atom. The zero-order chi connectivity index (χ0) is 18.6. The number of carboxylic acids is 1. The number of ether oxygens (including phenoxy) is 1. The van der Waals surface area contributed by atoms with E-state index in [1.807, 2.05) is 6.92 Å². The van der Waals surface area contributed by atoms with E-state index in [2.05, 4.69) is 5.32 Å². The summed E-state index contributed by atoms with van der Waals surface area (Å²) in [7, 11) is 0. The van der Waals surface area contributed by atoms with Gasteiger partial charge in [-0.05, 0) is 38.0 Å². The lowest BCUT2D eigenvalue weighted by Crippen LogP contribution is -2.43. The van der Waals surface area contributed by atoms with Crippen LogP contribution in [0.25, 0.3) is 11.0 Å². The molecule has 0 aliphatic carbocycles. The van der Waals surface area contributed by atoms with Crippen molar-refractivity contribution >= 4 is 22.8 Å². The van der Waals surface area contributed by atoms with Crippen LogP contribution < -0.4 is 20.8 Å². The third-order valence-corrected chi connectivity index (χ3v) is 3.80. The van der Waals surface area contributed by atoms with E-state index in [9.17, 15) is 19.5 Å². The second-order valence-electron chi connectivity index (χ2n) is 5.76. The first-order chi connectivity index (χ1) is 11.8. The quantitative estimate of drug-likeness (QED) is 0.739. The predicted molar refractivity (Wildman–Crippen MR) is 89.3 cm³/mol. The Morgan fingerprint density at radius 2 is 2.08 bits per heavy atom. The number of amides is 1. The Balaban J connectivity index is 2.31. The SMILES string of the molecule is CCCc1cc(=O)oc2c(C)c(O[C@H](C)C(=O)NCC(=O)[O-])ccc12. The van der Waals surface area contributed by atoms with Crippen LogP contribution in [-0.2, 0) is 16.0 Å². The van der Waals surface area contributed by atoms with Gasteiger partial charge in [-0.25, -0.2) is 4.79 Å². The van der Waals surface area contributed by atoms with Crippen LogP contribution >= 0.6 is 0 Å². The van der Waals surface area contributed by atoms with Gasteiger partial charge in [0.15, 0.2) is 6.10 Å². The molecule has 1 atom stereocenters. The fraction of sp³-hybridized carbons (Fsp3) is 0.389. The maximum atomic E-state index is 11.8. The van der Waals surface area contributed by atoms with Gasteiger partial charge in [-0.3, -0.25) is 4.79 Å². The number of nitrogens with one attached hydrogen (secondary N) is 1. The standard InChI is InChI=1S/C18H21NO6/c1-4-5-12-8-16(22)25-17-10(2)14(7-6-13(12)17)24-11(3)18(23)19-9-15(20)21/h6-8,11H,4-5,9H2,1-3H3,(H,19,23)(H,20,21)/p-1/t11-/m1/s1. The van der Waals surface area contributed by atoms with Crippen molar-refractivity contribution in [3.63, 3.8) is 0 Å². The predicted octanol–water partition coefficient (Wildman–Crippen LogP) is 0.687. The molecule has 134 valence electrons. The van der Waals surface area contributed by atoms with Crippen LogP contribution in [0, 0.1) is 6.92 Å². The molecule has 0 aliphatic rings. The third-order valence-electron chi connectivity index (χ3n) is 3.80. The number of aryl methyl sites for hydroxylation is 2. The zero-order valence-electron chi connectivity index (χ0n) is 14.4. The van der Waals surface area contributed by atoms with Gasteiger partial charge in [0.2, 0.25) is 0 Å². The van der Waals surface area contributed by atoms with Crippen LogP contribution in [0.1, 0.15) is 31.4 Å².